The average Bonchev–Trinajstić information content (AvgIpc) is 3.46. The van der Waals surface area contributed by atoms with Crippen LogP contribution >= 0.6 is 31.9 Å². The van der Waals surface area contributed by atoms with Crippen molar-refractivity contribution in [3.8, 4) is 22.3 Å². The predicted octanol–water partition coefficient (Wildman–Crippen LogP) is 8.72. The quantitative estimate of drug-likeness (QED) is 0.162. The maximum Gasteiger partial charge on any atom is 0.194 e. The van der Waals surface area contributed by atoms with Crippen molar-refractivity contribution in [3.63, 3.8) is 0 Å². The molecule has 0 fully saturated rings. The van der Waals surface area contributed by atoms with E-state index in [1.54, 1.807) is 6.07 Å². The second-order valence-electron chi connectivity index (χ2n) is 10.8. The molecule has 0 aliphatic heterocycles. The average molecular weight is 670 g/mol. The fourth-order valence-corrected chi connectivity index (χ4v) is 8.11. The molecule has 0 saturated heterocycles. The van der Waals surface area contributed by atoms with Crippen LogP contribution in [0.1, 0.15) is 63.7 Å². The van der Waals surface area contributed by atoms with Crippen molar-refractivity contribution < 1.29 is 19.2 Å². The van der Waals surface area contributed by atoms with E-state index in [9.17, 15) is 19.2 Å². The monoisotopic (exact) mass is 668 g/mol. The molecule has 0 aromatic heterocycles. The molecule has 6 heteroatoms. The summed E-state index contributed by atoms with van der Waals surface area (Å²) in [5.41, 5.74) is 8.80. The van der Waals surface area contributed by atoms with Crippen LogP contribution in [0.3, 0.4) is 0 Å². The molecule has 6 aromatic rings. The maximum absolute atomic E-state index is 12.8. The first-order valence-corrected chi connectivity index (χ1v) is 14.9. The predicted molar refractivity (Wildman–Crippen MR) is 168 cm³/mol. The first-order valence-electron chi connectivity index (χ1n) is 13.3. The zero-order valence-electron chi connectivity index (χ0n) is 21.5. The lowest BCUT2D eigenvalue weighted by Gasteiger charge is -2.19. The molecule has 0 saturated carbocycles. The Morgan fingerprint density at radius 1 is 0.405 bits per heavy atom. The summed E-state index contributed by atoms with van der Waals surface area (Å²) < 4.78 is 1.62. The van der Waals surface area contributed by atoms with Gasteiger partial charge in [0.1, 0.15) is 0 Å². The van der Waals surface area contributed by atoms with Gasteiger partial charge in [0.15, 0.2) is 23.1 Å². The highest BCUT2D eigenvalue weighted by molar-refractivity contribution is 9.11. The number of hydrogen-bond donors (Lipinski definition) is 0. The van der Waals surface area contributed by atoms with E-state index in [4.69, 9.17) is 0 Å². The summed E-state index contributed by atoms with van der Waals surface area (Å²) in [5, 5.41) is 3.81. The highest BCUT2D eigenvalue weighted by atomic mass is 79.9. The molecule has 0 spiro atoms. The highest BCUT2D eigenvalue weighted by Crippen LogP contribution is 2.50. The molecule has 4 aliphatic carbocycles. The van der Waals surface area contributed by atoms with Crippen LogP contribution in [-0.2, 0) is 0 Å². The van der Waals surface area contributed by atoms with Crippen LogP contribution in [0.25, 0.3) is 43.8 Å². The number of ketones is 4. The van der Waals surface area contributed by atoms with Crippen LogP contribution in [0, 0.1) is 0 Å². The Hall–Kier alpha value is -4.52. The molecule has 0 radical (unpaired) electrons. The summed E-state index contributed by atoms with van der Waals surface area (Å²) in [6.45, 7) is 0. The Balaban J connectivity index is 0.000000119. The van der Waals surface area contributed by atoms with E-state index in [1.807, 2.05) is 78.9 Å². The van der Waals surface area contributed by atoms with Crippen molar-refractivity contribution in [3.05, 3.63) is 138 Å². The van der Waals surface area contributed by atoms with Crippen LogP contribution in [0.4, 0.5) is 0 Å². The third kappa shape index (κ3) is 2.81. The molecular weight excluding hydrogens is 656 g/mol. The molecule has 42 heavy (non-hydrogen) atoms. The number of benzene rings is 6. The van der Waals surface area contributed by atoms with Crippen molar-refractivity contribution in [2.45, 2.75) is 0 Å². The van der Waals surface area contributed by atoms with E-state index in [0.717, 1.165) is 52.7 Å². The molecule has 4 aliphatic rings. The van der Waals surface area contributed by atoms with Gasteiger partial charge in [0.2, 0.25) is 0 Å². The van der Waals surface area contributed by atoms with E-state index in [0.29, 0.717) is 44.5 Å². The molecule has 0 atom stereocenters. The van der Waals surface area contributed by atoms with Crippen molar-refractivity contribution in [2.75, 3.05) is 0 Å². The summed E-state index contributed by atoms with van der Waals surface area (Å²) >= 11 is 6.94. The number of hydrogen-bond acceptors (Lipinski definition) is 4. The van der Waals surface area contributed by atoms with Gasteiger partial charge in [-0.15, -0.1) is 0 Å². The minimum absolute atomic E-state index is 0.00231. The molecule has 10 rings (SSSR count). The van der Waals surface area contributed by atoms with Crippen LogP contribution in [0.2, 0.25) is 0 Å². The van der Waals surface area contributed by atoms with E-state index in [-0.39, 0.29) is 23.1 Å². The van der Waals surface area contributed by atoms with Crippen molar-refractivity contribution in [1.29, 1.82) is 0 Å². The van der Waals surface area contributed by atoms with E-state index in [2.05, 4.69) is 31.9 Å². The lowest BCUT2D eigenvalue weighted by atomic mass is 9.83. The Bertz CT molecular complexity index is 2400. The van der Waals surface area contributed by atoms with Crippen LogP contribution in [0.15, 0.2) is 93.9 Å². The van der Waals surface area contributed by atoms with Gasteiger partial charge in [-0.1, -0.05) is 92.5 Å². The minimum atomic E-state index is -0.00231. The maximum atomic E-state index is 12.8. The Labute approximate surface area is 255 Å². The zero-order valence-corrected chi connectivity index (χ0v) is 24.6. The molecule has 0 amide bonds. The van der Waals surface area contributed by atoms with E-state index < -0.39 is 0 Å². The molecule has 4 nitrogen and oxygen atoms in total. The standard InChI is InChI=1S/2C18H7BrO2/c19-13-7-12-16-14-8(13)3-1-4-9(14)17(20)10-5-2-6-11(15(10)16)18(12)21;19-9-6-12-15-13(7-9)18(21)11-5-4-8-2-1-3-10(17(12)20)14(8)16(11)15/h2*1-7H. The molecule has 0 N–H and O–H groups in total. The van der Waals surface area contributed by atoms with E-state index >= 15 is 0 Å². The molecule has 0 bridgehead atoms. The van der Waals surface area contributed by atoms with Gasteiger partial charge in [0, 0.05) is 86.5 Å². The summed E-state index contributed by atoms with van der Waals surface area (Å²) in [7, 11) is 0. The van der Waals surface area contributed by atoms with E-state index in [1.165, 1.54) is 0 Å². The van der Waals surface area contributed by atoms with Crippen molar-refractivity contribution in [1.82, 2.24) is 0 Å². The number of carbonyl (C=O) groups is 4. The molecule has 196 valence electrons. The van der Waals surface area contributed by atoms with Gasteiger partial charge in [-0.25, -0.2) is 0 Å². The number of halogens is 2. The lowest BCUT2D eigenvalue weighted by Crippen LogP contribution is -2.09. The zero-order chi connectivity index (χ0) is 28.6. The second-order valence-corrected chi connectivity index (χ2v) is 12.6. The Kier molecular flexibility index (Phi) is 4.63. The Morgan fingerprint density at radius 3 is 1.60 bits per heavy atom. The SMILES string of the molecule is O=C1c2cc(Br)cc3c2-c2c1ccc1cccc(c21)C3=O.O=C1c2cccc3c2-c2c1cc(Br)c1cccc(c21)C3=O. The molecule has 0 heterocycles. The number of rotatable bonds is 0. The smallest absolute Gasteiger partial charge is 0.194 e. The van der Waals surface area contributed by atoms with Crippen LogP contribution in [0.5, 0.6) is 0 Å². The highest BCUT2D eigenvalue weighted by Gasteiger charge is 2.38. The van der Waals surface area contributed by atoms with Gasteiger partial charge in [-0.2, -0.15) is 0 Å². The van der Waals surface area contributed by atoms with Gasteiger partial charge in [-0.3, -0.25) is 19.2 Å². The Morgan fingerprint density at radius 2 is 0.881 bits per heavy atom. The summed E-state index contributed by atoms with van der Waals surface area (Å²) in [5.74, 6) is 0.0177. The van der Waals surface area contributed by atoms with Gasteiger partial charge in [0.05, 0.1) is 0 Å². The van der Waals surface area contributed by atoms with Crippen molar-refractivity contribution in [2.24, 2.45) is 0 Å². The third-order valence-electron chi connectivity index (χ3n) is 8.78. The largest absolute Gasteiger partial charge is 0.289 e. The lowest BCUT2D eigenvalue weighted by molar-refractivity contribution is 0.103. The topological polar surface area (TPSA) is 68.3 Å². The number of carbonyl (C=O) groups excluding carboxylic acids is 4. The van der Waals surface area contributed by atoms with Crippen molar-refractivity contribution >= 4 is 76.5 Å². The summed E-state index contributed by atoms with van der Waals surface area (Å²) in [6.07, 6.45) is 0. The summed E-state index contributed by atoms with van der Waals surface area (Å²) in [4.78, 5) is 50.8. The van der Waals surface area contributed by atoms with Gasteiger partial charge >= 0.3 is 0 Å². The van der Waals surface area contributed by atoms with Gasteiger partial charge < -0.3 is 0 Å². The minimum Gasteiger partial charge on any atom is -0.289 e. The van der Waals surface area contributed by atoms with Crippen LogP contribution < -0.4 is 0 Å². The van der Waals surface area contributed by atoms with Gasteiger partial charge in [-0.05, 0) is 35.0 Å². The molecule has 6 aromatic carbocycles. The fourth-order valence-electron chi connectivity index (χ4n) is 7.09. The first kappa shape index (κ1) is 24.1. The third-order valence-corrected chi connectivity index (χ3v) is 9.90. The fraction of sp³-hybridized carbons (Fsp3) is 0. The van der Waals surface area contributed by atoms with Crippen LogP contribution in [-0.4, -0.2) is 23.1 Å². The molecular formula is C36H14Br2O4. The van der Waals surface area contributed by atoms with Gasteiger partial charge in [0.25, 0.3) is 0 Å². The first-order chi connectivity index (χ1) is 20.3. The normalized spacial score (nSPS) is 14.1. The summed E-state index contributed by atoms with van der Waals surface area (Å²) in [6, 6.07) is 26.1. The molecule has 0 unspecified atom stereocenters. The second kappa shape index (κ2) is 8.06.